The quantitative estimate of drug-likeness (QED) is 0.487. The molecule has 0 aromatic carbocycles. The van der Waals surface area contributed by atoms with E-state index in [1.165, 1.54) is 0 Å². The minimum Gasteiger partial charge on any atom is -0.465 e. The van der Waals surface area contributed by atoms with E-state index in [0.29, 0.717) is 45.9 Å². The molecule has 6 nitrogen and oxygen atoms in total. The molecule has 112 valence electrons. The molecule has 2 unspecified atom stereocenters. The number of nitrogens with two attached hydrogens (primary N) is 1. The average Bonchev–Trinajstić information content (AvgIpc) is 2.77. The lowest BCUT2D eigenvalue weighted by molar-refractivity contribution is -0.149. The summed E-state index contributed by atoms with van der Waals surface area (Å²) in [5.74, 6) is -0.322. The minimum absolute atomic E-state index is 0.0143. The zero-order valence-electron chi connectivity index (χ0n) is 11.9. The van der Waals surface area contributed by atoms with Crippen LogP contribution in [-0.2, 0) is 23.7 Å². The lowest BCUT2D eigenvalue weighted by Crippen LogP contribution is -2.47. The SMILES string of the molecule is CCOC(=O)C1(N)CCC(OCCOCCOC)C1. The third-order valence-corrected chi connectivity index (χ3v) is 3.20. The maximum absolute atomic E-state index is 11.7. The Morgan fingerprint density at radius 1 is 1.32 bits per heavy atom. The molecule has 19 heavy (non-hydrogen) atoms. The van der Waals surface area contributed by atoms with Crippen LogP contribution < -0.4 is 5.73 Å². The predicted molar refractivity (Wildman–Crippen MR) is 69.8 cm³/mol. The number of esters is 1. The van der Waals surface area contributed by atoms with E-state index in [9.17, 15) is 4.79 Å². The van der Waals surface area contributed by atoms with E-state index < -0.39 is 5.54 Å². The van der Waals surface area contributed by atoms with Gasteiger partial charge in [0.25, 0.3) is 0 Å². The van der Waals surface area contributed by atoms with Crippen molar-refractivity contribution >= 4 is 5.97 Å². The van der Waals surface area contributed by atoms with Gasteiger partial charge in [0.05, 0.1) is 39.1 Å². The molecule has 1 fully saturated rings. The first-order valence-corrected chi connectivity index (χ1v) is 6.76. The van der Waals surface area contributed by atoms with E-state index in [-0.39, 0.29) is 12.1 Å². The van der Waals surface area contributed by atoms with E-state index in [4.69, 9.17) is 24.7 Å². The van der Waals surface area contributed by atoms with Gasteiger partial charge in [-0.1, -0.05) is 0 Å². The Bertz CT molecular complexity index is 274. The smallest absolute Gasteiger partial charge is 0.326 e. The fourth-order valence-electron chi connectivity index (χ4n) is 2.15. The molecule has 6 heteroatoms. The Kier molecular flexibility index (Phi) is 7.30. The molecule has 2 atom stereocenters. The van der Waals surface area contributed by atoms with E-state index in [1.807, 2.05) is 0 Å². The molecular weight excluding hydrogens is 250 g/mol. The van der Waals surface area contributed by atoms with Gasteiger partial charge in [0, 0.05) is 13.5 Å². The van der Waals surface area contributed by atoms with Crippen LogP contribution in [0.2, 0.25) is 0 Å². The fourth-order valence-corrected chi connectivity index (χ4v) is 2.15. The van der Waals surface area contributed by atoms with Crippen LogP contribution in [0, 0.1) is 0 Å². The third kappa shape index (κ3) is 5.44. The summed E-state index contributed by atoms with van der Waals surface area (Å²) in [6, 6.07) is 0. The highest BCUT2D eigenvalue weighted by Gasteiger charge is 2.43. The normalized spacial score (nSPS) is 26.6. The topological polar surface area (TPSA) is 80.0 Å². The zero-order chi connectivity index (χ0) is 14.1. The van der Waals surface area contributed by atoms with E-state index in [1.54, 1.807) is 14.0 Å². The second-order valence-electron chi connectivity index (χ2n) is 4.72. The molecule has 0 saturated heterocycles. The lowest BCUT2D eigenvalue weighted by Gasteiger charge is -2.21. The first-order valence-electron chi connectivity index (χ1n) is 6.76. The van der Waals surface area contributed by atoms with Crippen LogP contribution in [0.25, 0.3) is 0 Å². The number of rotatable bonds is 9. The first kappa shape index (κ1) is 16.4. The van der Waals surface area contributed by atoms with Crippen molar-refractivity contribution in [3.63, 3.8) is 0 Å². The van der Waals surface area contributed by atoms with Gasteiger partial charge in [-0.25, -0.2) is 0 Å². The van der Waals surface area contributed by atoms with E-state index in [0.717, 1.165) is 6.42 Å². The van der Waals surface area contributed by atoms with Crippen molar-refractivity contribution in [2.75, 3.05) is 40.1 Å². The Labute approximate surface area is 114 Å². The molecule has 1 aliphatic carbocycles. The van der Waals surface area contributed by atoms with Crippen LogP contribution in [-0.4, -0.2) is 57.8 Å². The van der Waals surface area contributed by atoms with Crippen molar-refractivity contribution in [1.29, 1.82) is 0 Å². The largest absolute Gasteiger partial charge is 0.465 e. The summed E-state index contributed by atoms with van der Waals surface area (Å²) < 4.78 is 20.8. The van der Waals surface area contributed by atoms with Crippen molar-refractivity contribution in [2.45, 2.75) is 37.8 Å². The molecule has 0 radical (unpaired) electrons. The summed E-state index contributed by atoms with van der Waals surface area (Å²) >= 11 is 0. The summed E-state index contributed by atoms with van der Waals surface area (Å²) in [5, 5.41) is 0. The molecule has 2 N–H and O–H groups in total. The summed E-state index contributed by atoms with van der Waals surface area (Å²) in [6.45, 7) is 4.31. The van der Waals surface area contributed by atoms with Gasteiger partial charge in [-0.05, 0) is 19.8 Å². The number of hydrogen-bond donors (Lipinski definition) is 1. The second kappa shape index (κ2) is 8.47. The molecular formula is C13H25NO5. The lowest BCUT2D eigenvalue weighted by atomic mass is 9.99. The first-order chi connectivity index (χ1) is 9.12. The van der Waals surface area contributed by atoms with E-state index in [2.05, 4.69) is 0 Å². The van der Waals surface area contributed by atoms with Gasteiger partial charge in [0.2, 0.25) is 0 Å². The highest BCUT2D eigenvalue weighted by molar-refractivity contribution is 5.81. The summed E-state index contributed by atoms with van der Waals surface area (Å²) in [5.41, 5.74) is 5.17. The van der Waals surface area contributed by atoms with Crippen LogP contribution in [0.5, 0.6) is 0 Å². The Morgan fingerprint density at radius 3 is 2.74 bits per heavy atom. The maximum Gasteiger partial charge on any atom is 0.326 e. The Balaban J connectivity index is 2.16. The van der Waals surface area contributed by atoms with Crippen molar-refractivity contribution in [3.8, 4) is 0 Å². The van der Waals surface area contributed by atoms with Crippen molar-refractivity contribution in [3.05, 3.63) is 0 Å². The molecule has 0 aromatic rings. The number of ether oxygens (including phenoxy) is 4. The minimum atomic E-state index is -0.877. The highest BCUT2D eigenvalue weighted by atomic mass is 16.5. The average molecular weight is 275 g/mol. The van der Waals surface area contributed by atoms with E-state index >= 15 is 0 Å². The number of carbonyl (C=O) groups excluding carboxylic acids is 1. The molecule has 0 bridgehead atoms. The maximum atomic E-state index is 11.7. The Morgan fingerprint density at radius 2 is 2.05 bits per heavy atom. The van der Waals surface area contributed by atoms with Crippen LogP contribution >= 0.6 is 0 Å². The summed E-state index contributed by atoms with van der Waals surface area (Å²) in [4.78, 5) is 11.7. The van der Waals surface area contributed by atoms with Crippen LogP contribution in [0.3, 0.4) is 0 Å². The molecule has 1 rings (SSSR count). The molecule has 0 aromatic heterocycles. The molecule has 0 aliphatic heterocycles. The van der Waals surface area contributed by atoms with Crippen molar-refractivity contribution in [2.24, 2.45) is 5.73 Å². The predicted octanol–water partition coefficient (Wildman–Crippen LogP) is 0.479. The van der Waals surface area contributed by atoms with Gasteiger partial charge in [-0.3, -0.25) is 4.79 Å². The number of methoxy groups -OCH3 is 1. The molecule has 0 heterocycles. The van der Waals surface area contributed by atoms with Crippen molar-refractivity contribution in [1.82, 2.24) is 0 Å². The van der Waals surface area contributed by atoms with Crippen LogP contribution in [0.4, 0.5) is 0 Å². The number of hydrogen-bond acceptors (Lipinski definition) is 6. The number of carbonyl (C=O) groups is 1. The van der Waals surface area contributed by atoms with Crippen LogP contribution in [0.1, 0.15) is 26.2 Å². The summed E-state index contributed by atoms with van der Waals surface area (Å²) in [6.07, 6.45) is 1.93. The van der Waals surface area contributed by atoms with Gasteiger partial charge in [0.1, 0.15) is 5.54 Å². The van der Waals surface area contributed by atoms with Gasteiger partial charge in [-0.2, -0.15) is 0 Å². The highest BCUT2D eigenvalue weighted by Crippen LogP contribution is 2.30. The van der Waals surface area contributed by atoms with Gasteiger partial charge < -0.3 is 24.7 Å². The summed E-state index contributed by atoms with van der Waals surface area (Å²) in [7, 11) is 1.63. The Hall–Kier alpha value is -0.690. The van der Waals surface area contributed by atoms with Gasteiger partial charge in [-0.15, -0.1) is 0 Å². The third-order valence-electron chi connectivity index (χ3n) is 3.20. The monoisotopic (exact) mass is 275 g/mol. The standard InChI is InChI=1S/C13H25NO5/c1-3-18-12(15)13(14)5-4-11(10-13)19-9-8-17-7-6-16-2/h11H,3-10,14H2,1-2H3. The fraction of sp³-hybridized carbons (Fsp3) is 0.923. The van der Waals surface area contributed by atoms with Gasteiger partial charge >= 0.3 is 5.97 Å². The molecule has 1 saturated carbocycles. The van der Waals surface area contributed by atoms with Gasteiger partial charge in [0.15, 0.2) is 0 Å². The van der Waals surface area contributed by atoms with Crippen LogP contribution in [0.15, 0.2) is 0 Å². The molecule has 0 spiro atoms. The second-order valence-corrected chi connectivity index (χ2v) is 4.72. The molecule has 0 amide bonds. The van der Waals surface area contributed by atoms with Crippen molar-refractivity contribution < 1.29 is 23.7 Å². The zero-order valence-corrected chi connectivity index (χ0v) is 11.9. The molecule has 1 aliphatic rings.